The first-order valence-corrected chi connectivity index (χ1v) is 8.42. The summed E-state index contributed by atoms with van der Waals surface area (Å²) in [4.78, 5) is 24.0. The van der Waals surface area contributed by atoms with Gasteiger partial charge in [0.25, 0.3) is 5.91 Å². The lowest BCUT2D eigenvalue weighted by Gasteiger charge is -2.12. The van der Waals surface area contributed by atoms with E-state index >= 15 is 0 Å². The van der Waals surface area contributed by atoms with E-state index < -0.39 is 0 Å². The number of hydrogen-bond acceptors (Lipinski definition) is 3. The smallest absolute Gasteiger partial charge is 0.262 e. The van der Waals surface area contributed by atoms with Crippen molar-refractivity contribution in [3.63, 3.8) is 0 Å². The van der Waals surface area contributed by atoms with Gasteiger partial charge in [0.05, 0.1) is 0 Å². The zero-order valence-electron chi connectivity index (χ0n) is 14.5. The molecule has 0 bridgehead atoms. The zero-order valence-corrected chi connectivity index (χ0v) is 14.5. The lowest BCUT2D eigenvalue weighted by molar-refractivity contribution is -0.118. The fraction of sp³-hybridized carbons (Fsp3) is 0.300. The Morgan fingerprint density at radius 3 is 2.60 bits per heavy atom. The second-order valence-electron chi connectivity index (χ2n) is 6.45. The number of amides is 2. The lowest BCUT2D eigenvalue weighted by atomic mass is 10.1. The van der Waals surface area contributed by atoms with Crippen LogP contribution in [0.3, 0.4) is 0 Å². The van der Waals surface area contributed by atoms with E-state index in [1.54, 1.807) is 6.07 Å². The van der Waals surface area contributed by atoms with Gasteiger partial charge in [0.1, 0.15) is 5.75 Å². The van der Waals surface area contributed by atoms with E-state index in [4.69, 9.17) is 4.74 Å². The van der Waals surface area contributed by atoms with Crippen molar-refractivity contribution in [1.82, 2.24) is 0 Å². The number of carbonyl (C=O) groups is 2. The highest BCUT2D eigenvalue weighted by Gasteiger charge is 2.29. The van der Waals surface area contributed by atoms with Crippen molar-refractivity contribution in [2.75, 3.05) is 17.2 Å². The minimum atomic E-state index is -0.246. The first-order chi connectivity index (χ1) is 12.0. The summed E-state index contributed by atoms with van der Waals surface area (Å²) in [6.07, 6.45) is 1.91. The maximum absolute atomic E-state index is 12.1. The Balaban J connectivity index is 1.57. The van der Waals surface area contributed by atoms with Gasteiger partial charge in [0, 0.05) is 17.3 Å². The molecular weight excluding hydrogens is 316 g/mol. The third kappa shape index (κ3) is 4.83. The molecule has 5 heteroatoms. The maximum atomic E-state index is 12.1. The molecule has 1 aliphatic carbocycles. The van der Waals surface area contributed by atoms with Gasteiger partial charge >= 0.3 is 0 Å². The van der Waals surface area contributed by atoms with Crippen LogP contribution in [0.4, 0.5) is 11.4 Å². The first-order valence-electron chi connectivity index (χ1n) is 8.42. The standard InChI is InChI=1S/C20H22N2O3/c1-13-4-3-5-17(10-13)25-12-19(23)21-16-9-6-14(2)18(11-16)22-20(24)15-7-8-15/h3-6,9-11,15H,7-8,12H2,1-2H3,(H,21,23)(H,22,24). The van der Waals surface area contributed by atoms with Gasteiger partial charge in [-0.25, -0.2) is 0 Å². The van der Waals surface area contributed by atoms with Crippen LogP contribution in [0.15, 0.2) is 42.5 Å². The average Bonchev–Trinajstić information content (AvgIpc) is 3.41. The van der Waals surface area contributed by atoms with Crippen LogP contribution in [0.1, 0.15) is 24.0 Å². The van der Waals surface area contributed by atoms with E-state index in [2.05, 4.69) is 10.6 Å². The summed E-state index contributed by atoms with van der Waals surface area (Å²) in [5.41, 5.74) is 3.40. The number of hydrogen-bond donors (Lipinski definition) is 2. The van der Waals surface area contributed by atoms with E-state index in [9.17, 15) is 9.59 Å². The van der Waals surface area contributed by atoms with E-state index in [1.807, 2.05) is 50.2 Å². The predicted molar refractivity (Wildman–Crippen MR) is 97.8 cm³/mol. The second kappa shape index (κ2) is 7.38. The van der Waals surface area contributed by atoms with Crippen molar-refractivity contribution < 1.29 is 14.3 Å². The van der Waals surface area contributed by atoms with Gasteiger partial charge in [-0.15, -0.1) is 0 Å². The highest BCUT2D eigenvalue weighted by Crippen LogP contribution is 2.31. The Morgan fingerprint density at radius 2 is 1.88 bits per heavy atom. The normalized spacial score (nSPS) is 13.2. The highest BCUT2D eigenvalue weighted by molar-refractivity contribution is 5.96. The van der Waals surface area contributed by atoms with Gasteiger partial charge in [0.15, 0.2) is 6.61 Å². The van der Waals surface area contributed by atoms with Gasteiger partial charge in [-0.05, 0) is 62.1 Å². The maximum Gasteiger partial charge on any atom is 0.262 e. The first kappa shape index (κ1) is 17.0. The average molecular weight is 338 g/mol. The number of aryl methyl sites for hydroxylation is 2. The molecule has 2 amide bonds. The molecule has 1 saturated carbocycles. The molecule has 2 N–H and O–H groups in total. The van der Waals surface area contributed by atoms with Crippen molar-refractivity contribution >= 4 is 23.2 Å². The topological polar surface area (TPSA) is 67.4 Å². The molecule has 0 unspecified atom stereocenters. The molecule has 0 spiro atoms. The Bertz CT molecular complexity index is 797. The van der Waals surface area contributed by atoms with Crippen LogP contribution in [-0.2, 0) is 9.59 Å². The zero-order chi connectivity index (χ0) is 17.8. The summed E-state index contributed by atoms with van der Waals surface area (Å²) in [6.45, 7) is 3.83. The molecule has 3 rings (SSSR count). The molecular formula is C20H22N2O3. The van der Waals surface area contributed by atoms with Crippen molar-refractivity contribution in [3.05, 3.63) is 53.6 Å². The van der Waals surface area contributed by atoms with Gasteiger partial charge in [-0.2, -0.15) is 0 Å². The van der Waals surface area contributed by atoms with E-state index in [0.717, 1.165) is 29.7 Å². The summed E-state index contributed by atoms with van der Waals surface area (Å²) in [5, 5.41) is 5.73. The predicted octanol–water partition coefficient (Wildman–Crippen LogP) is 3.67. The molecule has 0 aromatic heterocycles. The number of anilines is 2. The minimum Gasteiger partial charge on any atom is -0.484 e. The van der Waals surface area contributed by atoms with Gasteiger partial charge in [0.2, 0.25) is 5.91 Å². The van der Waals surface area contributed by atoms with Crippen LogP contribution in [0.5, 0.6) is 5.75 Å². The van der Waals surface area contributed by atoms with Crippen LogP contribution in [0, 0.1) is 19.8 Å². The Kier molecular flexibility index (Phi) is 5.03. The lowest BCUT2D eigenvalue weighted by Crippen LogP contribution is -2.20. The molecule has 0 aliphatic heterocycles. The third-order valence-corrected chi connectivity index (χ3v) is 4.09. The molecule has 2 aromatic carbocycles. The van der Waals surface area contributed by atoms with E-state index in [0.29, 0.717) is 11.4 Å². The summed E-state index contributed by atoms with van der Waals surface area (Å²) in [5.74, 6) is 0.607. The number of rotatable bonds is 6. The third-order valence-electron chi connectivity index (χ3n) is 4.09. The molecule has 2 aromatic rings. The Morgan fingerprint density at radius 1 is 1.08 bits per heavy atom. The van der Waals surface area contributed by atoms with Crippen molar-refractivity contribution in [1.29, 1.82) is 0 Å². The fourth-order valence-electron chi connectivity index (χ4n) is 2.47. The Labute approximate surface area is 147 Å². The molecule has 0 saturated heterocycles. The molecule has 0 radical (unpaired) electrons. The van der Waals surface area contributed by atoms with Gasteiger partial charge in [-0.1, -0.05) is 18.2 Å². The largest absolute Gasteiger partial charge is 0.484 e. The molecule has 0 atom stereocenters. The molecule has 1 fully saturated rings. The van der Waals surface area contributed by atoms with Crippen LogP contribution in [0.2, 0.25) is 0 Å². The SMILES string of the molecule is Cc1cccc(OCC(=O)Nc2ccc(C)c(NC(=O)C3CC3)c2)c1. The summed E-state index contributed by atoms with van der Waals surface area (Å²) < 4.78 is 5.50. The fourth-order valence-corrected chi connectivity index (χ4v) is 2.47. The number of benzene rings is 2. The quantitative estimate of drug-likeness (QED) is 0.844. The number of nitrogens with one attached hydrogen (secondary N) is 2. The summed E-state index contributed by atoms with van der Waals surface area (Å²) >= 11 is 0. The van der Waals surface area contributed by atoms with Crippen LogP contribution < -0.4 is 15.4 Å². The summed E-state index contributed by atoms with van der Waals surface area (Å²) in [7, 11) is 0. The molecule has 5 nitrogen and oxygen atoms in total. The Hall–Kier alpha value is -2.82. The van der Waals surface area contributed by atoms with Crippen LogP contribution in [0.25, 0.3) is 0 Å². The molecule has 25 heavy (non-hydrogen) atoms. The molecule has 0 heterocycles. The van der Waals surface area contributed by atoms with Crippen molar-refractivity contribution in [2.45, 2.75) is 26.7 Å². The van der Waals surface area contributed by atoms with Crippen LogP contribution >= 0.6 is 0 Å². The van der Waals surface area contributed by atoms with E-state index in [-0.39, 0.29) is 24.3 Å². The second-order valence-corrected chi connectivity index (χ2v) is 6.45. The minimum absolute atomic E-state index is 0.0503. The molecule has 130 valence electrons. The van der Waals surface area contributed by atoms with Crippen LogP contribution in [-0.4, -0.2) is 18.4 Å². The molecule has 1 aliphatic rings. The van der Waals surface area contributed by atoms with E-state index in [1.165, 1.54) is 0 Å². The van der Waals surface area contributed by atoms with Crippen molar-refractivity contribution in [2.24, 2.45) is 5.92 Å². The van der Waals surface area contributed by atoms with Gasteiger partial charge < -0.3 is 15.4 Å². The summed E-state index contributed by atoms with van der Waals surface area (Å²) in [6, 6.07) is 13.0. The van der Waals surface area contributed by atoms with Gasteiger partial charge in [-0.3, -0.25) is 9.59 Å². The highest BCUT2D eigenvalue weighted by atomic mass is 16.5. The number of carbonyl (C=O) groups excluding carboxylic acids is 2. The number of ether oxygens (including phenoxy) is 1. The van der Waals surface area contributed by atoms with Crippen molar-refractivity contribution in [3.8, 4) is 5.75 Å². The monoisotopic (exact) mass is 338 g/mol.